The van der Waals surface area contributed by atoms with E-state index in [1.165, 1.54) is 5.56 Å². The van der Waals surface area contributed by atoms with E-state index < -0.39 is 17.9 Å². The summed E-state index contributed by atoms with van der Waals surface area (Å²) in [6.07, 6.45) is 1.50. The van der Waals surface area contributed by atoms with Crippen LogP contribution in [0.4, 0.5) is 0 Å². The Morgan fingerprint density at radius 1 is 1.22 bits per heavy atom. The standard InChI is InChI=1S/C21H25NO5/c1-13(2)14-5-3-6-15(11-14)17-8-9-18(27-17)20(23)22-19(21(24)25)16-7-4-10-26-12-16/h3,5-6,8-9,11,13,16,19H,4,7,10,12H2,1-2H3,(H,22,23)(H,24,25). The molecule has 144 valence electrons. The van der Waals surface area contributed by atoms with E-state index in [0.717, 1.165) is 12.0 Å². The minimum atomic E-state index is -1.06. The number of nitrogens with one attached hydrogen (secondary N) is 1. The van der Waals surface area contributed by atoms with E-state index >= 15 is 0 Å². The number of benzene rings is 1. The maximum atomic E-state index is 12.5. The summed E-state index contributed by atoms with van der Waals surface area (Å²) in [7, 11) is 0. The predicted octanol–water partition coefficient (Wildman–Crippen LogP) is 3.68. The van der Waals surface area contributed by atoms with E-state index in [-0.39, 0.29) is 11.7 Å². The van der Waals surface area contributed by atoms with Gasteiger partial charge in [0.1, 0.15) is 11.8 Å². The maximum absolute atomic E-state index is 12.5. The van der Waals surface area contributed by atoms with Gasteiger partial charge in [-0.2, -0.15) is 0 Å². The number of furan rings is 1. The molecule has 2 unspecified atom stereocenters. The van der Waals surface area contributed by atoms with Crippen molar-refractivity contribution < 1.29 is 23.8 Å². The van der Waals surface area contributed by atoms with Crippen molar-refractivity contribution in [1.82, 2.24) is 5.32 Å². The molecule has 6 heteroatoms. The zero-order valence-corrected chi connectivity index (χ0v) is 15.6. The fourth-order valence-corrected chi connectivity index (χ4v) is 3.29. The van der Waals surface area contributed by atoms with Crippen molar-refractivity contribution in [2.45, 2.75) is 38.6 Å². The number of carboxylic acids is 1. The first-order valence-electron chi connectivity index (χ1n) is 9.27. The van der Waals surface area contributed by atoms with E-state index in [1.807, 2.05) is 18.2 Å². The Hall–Kier alpha value is -2.60. The Balaban J connectivity index is 1.74. The summed E-state index contributed by atoms with van der Waals surface area (Å²) in [5.41, 5.74) is 2.06. The summed E-state index contributed by atoms with van der Waals surface area (Å²) >= 11 is 0. The number of hydrogen-bond acceptors (Lipinski definition) is 4. The summed E-state index contributed by atoms with van der Waals surface area (Å²) in [4.78, 5) is 24.1. The Labute approximate surface area is 158 Å². The second kappa shape index (κ2) is 8.39. The number of carbonyl (C=O) groups is 2. The topological polar surface area (TPSA) is 88.8 Å². The first kappa shape index (κ1) is 19.2. The first-order valence-corrected chi connectivity index (χ1v) is 9.27. The van der Waals surface area contributed by atoms with Crippen molar-refractivity contribution in [3.8, 4) is 11.3 Å². The molecule has 0 radical (unpaired) electrons. The average molecular weight is 371 g/mol. The van der Waals surface area contributed by atoms with Crippen LogP contribution in [0.25, 0.3) is 11.3 Å². The molecule has 0 saturated carbocycles. The molecule has 3 rings (SSSR count). The van der Waals surface area contributed by atoms with E-state index in [4.69, 9.17) is 9.15 Å². The van der Waals surface area contributed by atoms with Crippen molar-refractivity contribution in [3.63, 3.8) is 0 Å². The highest BCUT2D eigenvalue weighted by Crippen LogP contribution is 2.26. The molecule has 1 fully saturated rings. The van der Waals surface area contributed by atoms with Gasteiger partial charge in [-0.1, -0.05) is 32.0 Å². The predicted molar refractivity (Wildman–Crippen MR) is 101 cm³/mol. The molecule has 1 amide bonds. The molecule has 0 aliphatic carbocycles. The van der Waals surface area contributed by atoms with Crippen LogP contribution in [0.2, 0.25) is 0 Å². The van der Waals surface area contributed by atoms with Crippen LogP contribution in [-0.4, -0.2) is 36.2 Å². The second-order valence-corrected chi connectivity index (χ2v) is 7.21. The SMILES string of the molecule is CC(C)c1cccc(-c2ccc(C(=O)NC(C(=O)O)C3CCCOC3)o2)c1. The Kier molecular flexibility index (Phi) is 5.96. The molecule has 2 atom stereocenters. The number of amides is 1. The number of hydrogen-bond donors (Lipinski definition) is 2. The van der Waals surface area contributed by atoms with Gasteiger partial charge >= 0.3 is 5.97 Å². The van der Waals surface area contributed by atoms with Crippen molar-refractivity contribution in [2.24, 2.45) is 5.92 Å². The van der Waals surface area contributed by atoms with Gasteiger partial charge in [0.25, 0.3) is 5.91 Å². The smallest absolute Gasteiger partial charge is 0.326 e. The monoisotopic (exact) mass is 371 g/mol. The Morgan fingerprint density at radius 3 is 2.70 bits per heavy atom. The van der Waals surface area contributed by atoms with E-state index in [0.29, 0.717) is 31.3 Å². The highest BCUT2D eigenvalue weighted by Gasteiger charge is 2.32. The molecule has 2 heterocycles. The summed E-state index contributed by atoms with van der Waals surface area (Å²) in [5, 5.41) is 12.1. The van der Waals surface area contributed by atoms with Crippen molar-refractivity contribution in [2.75, 3.05) is 13.2 Å². The normalized spacial score (nSPS) is 18.3. The third-order valence-electron chi connectivity index (χ3n) is 4.89. The zero-order valence-electron chi connectivity index (χ0n) is 15.6. The first-order chi connectivity index (χ1) is 13.0. The van der Waals surface area contributed by atoms with Gasteiger partial charge in [0.05, 0.1) is 6.61 Å². The van der Waals surface area contributed by atoms with Gasteiger partial charge in [0.15, 0.2) is 5.76 Å². The lowest BCUT2D eigenvalue weighted by molar-refractivity contribution is -0.142. The fraction of sp³-hybridized carbons (Fsp3) is 0.429. The molecular formula is C21H25NO5. The minimum absolute atomic E-state index is 0.0999. The van der Waals surface area contributed by atoms with Crippen molar-refractivity contribution in [1.29, 1.82) is 0 Å². The van der Waals surface area contributed by atoms with Crippen LogP contribution in [0.1, 0.15) is 48.7 Å². The van der Waals surface area contributed by atoms with Gasteiger partial charge in [-0.15, -0.1) is 0 Å². The third-order valence-corrected chi connectivity index (χ3v) is 4.89. The number of carbonyl (C=O) groups excluding carboxylic acids is 1. The molecule has 27 heavy (non-hydrogen) atoms. The lowest BCUT2D eigenvalue weighted by atomic mass is 9.93. The second-order valence-electron chi connectivity index (χ2n) is 7.21. The van der Waals surface area contributed by atoms with Gasteiger partial charge < -0.3 is 19.6 Å². The lowest BCUT2D eigenvalue weighted by Gasteiger charge is -2.27. The molecule has 1 aliphatic rings. The highest BCUT2D eigenvalue weighted by molar-refractivity contribution is 5.94. The van der Waals surface area contributed by atoms with Gasteiger partial charge in [-0.3, -0.25) is 4.79 Å². The molecule has 1 aliphatic heterocycles. The molecule has 1 saturated heterocycles. The Bertz CT molecular complexity index is 804. The largest absolute Gasteiger partial charge is 0.480 e. The zero-order chi connectivity index (χ0) is 19.4. The number of rotatable bonds is 6. The van der Waals surface area contributed by atoms with Gasteiger partial charge in [0, 0.05) is 18.1 Å². The van der Waals surface area contributed by atoms with Crippen LogP contribution in [0, 0.1) is 5.92 Å². The molecule has 2 aromatic rings. The van der Waals surface area contributed by atoms with Crippen molar-refractivity contribution >= 4 is 11.9 Å². The van der Waals surface area contributed by atoms with Crippen LogP contribution < -0.4 is 5.32 Å². The number of ether oxygens (including phenoxy) is 1. The van der Waals surface area contributed by atoms with E-state index in [9.17, 15) is 14.7 Å². The summed E-state index contributed by atoms with van der Waals surface area (Å²) in [5.74, 6) is -0.762. The van der Waals surface area contributed by atoms with E-state index in [1.54, 1.807) is 12.1 Å². The van der Waals surface area contributed by atoms with Gasteiger partial charge in [-0.05, 0) is 42.5 Å². The highest BCUT2D eigenvalue weighted by atomic mass is 16.5. The third kappa shape index (κ3) is 4.57. The molecular weight excluding hydrogens is 346 g/mol. The number of aliphatic carboxylic acids is 1. The maximum Gasteiger partial charge on any atom is 0.326 e. The van der Waals surface area contributed by atoms with Crippen LogP contribution in [0.3, 0.4) is 0 Å². The summed E-state index contributed by atoms with van der Waals surface area (Å²) in [6, 6.07) is 10.3. The molecule has 6 nitrogen and oxygen atoms in total. The molecule has 1 aromatic carbocycles. The summed E-state index contributed by atoms with van der Waals surface area (Å²) < 4.78 is 11.1. The van der Waals surface area contributed by atoms with E-state index in [2.05, 4.69) is 25.2 Å². The average Bonchev–Trinajstić information content (AvgIpc) is 3.17. The van der Waals surface area contributed by atoms with Crippen LogP contribution in [0.15, 0.2) is 40.8 Å². The summed E-state index contributed by atoms with van der Waals surface area (Å²) in [6.45, 7) is 5.19. The number of carboxylic acid groups (broad SMARTS) is 1. The quantitative estimate of drug-likeness (QED) is 0.809. The van der Waals surface area contributed by atoms with Crippen LogP contribution >= 0.6 is 0 Å². The van der Waals surface area contributed by atoms with Gasteiger partial charge in [0.2, 0.25) is 0 Å². The van der Waals surface area contributed by atoms with Crippen molar-refractivity contribution in [3.05, 3.63) is 47.7 Å². The fourth-order valence-electron chi connectivity index (χ4n) is 3.29. The minimum Gasteiger partial charge on any atom is -0.480 e. The molecule has 0 spiro atoms. The molecule has 1 aromatic heterocycles. The Morgan fingerprint density at radius 2 is 2.04 bits per heavy atom. The lowest BCUT2D eigenvalue weighted by Crippen LogP contribution is -2.48. The van der Waals surface area contributed by atoms with Crippen LogP contribution in [-0.2, 0) is 9.53 Å². The molecule has 0 bridgehead atoms. The van der Waals surface area contributed by atoms with Gasteiger partial charge in [-0.25, -0.2) is 4.79 Å². The molecule has 2 N–H and O–H groups in total. The van der Waals surface area contributed by atoms with Crippen LogP contribution in [0.5, 0.6) is 0 Å².